The average Bonchev–Trinajstić information content (AvgIpc) is 2.29. The zero-order chi connectivity index (χ0) is 13.7. The second kappa shape index (κ2) is 6.81. The van der Waals surface area contributed by atoms with Gasteiger partial charge in [0.05, 0.1) is 0 Å². The van der Waals surface area contributed by atoms with E-state index in [1.807, 2.05) is 7.05 Å². The second-order valence-corrected chi connectivity index (χ2v) is 5.22. The van der Waals surface area contributed by atoms with Crippen molar-refractivity contribution in [1.29, 1.82) is 0 Å². The Balaban J connectivity index is 2.58. The van der Waals surface area contributed by atoms with E-state index in [0.29, 0.717) is 12.5 Å². The Morgan fingerprint density at radius 1 is 1.28 bits per heavy atom. The van der Waals surface area contributed by atoms with Gasteiger partial charge in [-0.15, -0.1) is 0 Å². The lowest BCUT2D eigenvalue weighted by molar-refractivity contribution is 0.290. The van der Waals surface area contributed by atoms with E-state index in [2.05, 4.69) is 18.7 Å². The van der Waals surface area contributed by atoms with Gasteiger partial charge in [0.15, 0.2) is 0 Å². The molecule has 102 valence electrons. The molecule has 0 saturated heterocycles. The van der Waals surface area contributed by atoms with Gasteiger partial charge in [0, 0.05) is 18.2 Å². The maximum atomic E-state index is 13.5. The fraction of sp³-hybridized carbons (Fsp3) is 0.571. The van der Waals surface area contributed by atoms with Crippen molar-refractivity contribution in [2.24, 2.45) is 11.7 Å². The van der Waals surface area contributed by atoms with E-state index in [4.69, 9.17) is 5.73 Å². The van der Waals surface area contributed by atoms with E-state index < -0.39 is 17.7 Å². The van der Waals surface area contributed by atoms with Crippen LogP contribution in [0.4, 0.5) is 8.78 Å². The van der Waals surface area contributed by atoms with Gasteiger partial charge in [-0.2, -0.15) is 0 Å². The van der Waals surface area contributed by atoms with Crippen molar-refractivity contribution in [1.82, 2.24) is 4.90 Å². The molecule has 0 amide bonds. The summed E-state index contributed by atoms with van der Waals surface area (Å²) in [6.07, 6.45) is 1.06. The van der Waals surface area contributed by atoms with Gasteiger partial charge in [-0.25, -0.2) is 8.78 Å². The predicted octanol–water partition coefficient (Wildman–Crippen LogP) is 2.94. The van der Waals surface area contributed by atoms with E-state index in [1.54, 1.807) is 0 Å². The van der Waals surface area contributed by atoms with Gasteiger partial charge in [0.1, 0.15) is 11.6 Å². The van der Waals surface area contributed by atoms with Crippen molar-refractivity contribution in [2.45, 2.75) is 26.3 Å². The van der Waals surface area contributed by atoms with E-state index in [-0.39, 0.29) is 5.56 Å². The van der Waals surface area contributed by atoms with Crippen molar-refractivity contribution < 1.29 is 8.78 Å². The number of nitrogens with two attached hydrogens (primary N) is 1. The van der Waals surface area contributed by atoms with Crippen LogP contribution in [-0.2, 0) is 0 Å². The lowest BCUT2D eigenvalue weighted by Gasteiger charge is -2.22. The van der Waals surface area contributed by atoms with E-state index in [1.165, 1.54) is 6.07 Å². The van der Waals surface area contributed by atoms with Crippen molar-refractivity contribution in [3.63, 3.8) is 0 Å². The largest absolute Gasteiger partial charge is 0.323 e. The molecule has 0 saturated carbocycles. The fourth-order valence-corrected chi connectivity index (χ4v) is 1.80. The Bertz CT molecular complexity index is 380. The molecule has 0 bridgehead atoms. The molecule has 0 fully saturated rings. The van der Waals surface area contributed by atoms with Crippen LogP contribution in [0.2, 0.25) is 0 Å². The van der Waals surface area contributed by atoms with Gasteiger partial charge >= 0.3 is 0 Å². The quantitative estimate of drug-likeness (QED) is 0.848. The van der Waals surface area contributed by atoms with Crippen LogP contribution in [0.25, 0.3) is 0 Å². The lowest BCUT2D eigenvalue weighted by atomic mass is 10.1. The Morgan fingerprint density at radius 2 is 1.94 bits per heavy atom. The molecule has 1 aromatic carbocycles. The summed E-state index contributed by atoms with van der Waals surface area (Å²) in [5.41, 5.74) is 6.17. The molecule has 2 N–H and O–H groups in total. The molecule has 2 nitrogen and oxygen atoms in total. The molecule has 0 spiro atoms. The first-order valence-corrected chi connectivity index (χ1v) is 6.29. The highest BCUT2D eigenvalue weighted by Crippen LogP contribution is 2.17. The van der Waals surface area contributed by atoms with Crippen LogP contribution < -0.4 is 5.73 Å². The summed E-state index contributed by atoms with van der Waals surface area (Å²) >= 11 is 0. The molecule has 18 heavy (non-hydrogen) atoms. The number of halogens is 2. The van der Waals surface area contributed by atoms with Gasteiger partial charge in [0.25, 0.3) is 0 Å². The van der Waals surface area contributed by atoms with Gasteiger partial charge in [-0.3, -0.25) is 0 Å². The minimum atomic E-state index is -0.502. The number of hydrogen-bond acceptors (Lipinski definition) is 2. The van der Waals surface area contributed by atoms with Gasteiger partial charge in [-0.05, 0) is 44.1 Å². The third-order valence-electron chi connectivity index (χ3n) is 2.95. The molecule has 0 aliphatic carbocycles. The van der Waals surface area contributed by atoms with Crippen LogP contribution in [0, 0.1) is 17.6 Å². The third-order valence-corrected chi connectivity index (χ3v) is 2.95. The monoisotopic (exact) mass is 256 g/mol. The van der Waals surface area contributed by atoms with Gasteiger partial charge in [-0.1, -0.05) is 13.8 Å². The predicted molar refractivity (Wildman–Crippen MR) is 70.2 cm³/mol. The SMILES string of the molecule is CC(C)CCN(C)CC(N)c1cc(F)ccc1F. The minimum Gasteiger partial charge on any atom is -0.323 e. The van der Waals surface area contributed by atoms with E-state index >= 15 is 0 Å². The standard InChI is InChI=1S/C14H22F2N2/c1-10(2)6-7-18(3)9-14(17)12-8-11(15)4-5-13(12)16/h4-5,8,10,14H,6-7,9,17H2,1-3H3. The summed E-state index contributed by atoms with van der Waals surface area (Å²) < 4.78 is 26.6. The van der Waals surface area contributed by atoms with E-state index in [0.717, 1.165) is 25.1 Å². The van der Waals surface area contributed by atoms with Crippen molar-refractivity contribution >= 4 is 0 Å². The minimum absolute atomic E-state index is 0.242. The number of hydrogen-bond donors (Lipinski definition) is 1. The summed E-state index contributed by atoms with van der Waals surface area (Å²) in [5.74, 6) is -0.276. The molecule has 1 unspecified atom stereocenters. The number of nitrogens with zero attached hydrogens (tertiary/aromatic N) is 1. The lowest BCUT2D eigenvalue weighted by Crippen LogP contribution is -2.31. The highest BCUT2D eigenvalue weighted by molar-refractivity contribution is 5.22. The van der Waals surface area contributed by atoms with Crippen molar-refractivity contribution in [3.8, 4) is 0 Å². The summed E-state index contributed by atoms with van der Waals surface area (Å²) in [6, 6.07) is 2.90. The Labute approximate surface area is 108 Å². The topological polar surface area (TPSA) is 29.3 Å². The Hall–Kier alpha value is -1.00. The number of rotatable bonds is 6. The summed E-state index contributed by atoms with van der Waals surface area (Å²) in [6.45, 7) is 5.73. The Morgan fingerprint density at radius 3 is 2.56 bits per heavy atom. The van der Waals surface area contributed by atoms with Crippen molar-refractivity contribution in [3.05, 3.63) is 35.4 Å². The number of likely N-dealkylation sites (N-methyl/N-ethyl adjacent to an activating group) is 1. The zero-order valence-corrected chi connectivity index (χ0v) is 11.3. The highest BCUT2D eigenvalue weighted by Gasteiger charge is 2.14. The summed E-state index contributed by atoms with van der Waals surface area (Å²) in [4.78, 5) is 2.05. The average molecular weight is 256 g/mol. The molecule has 1 atom stereocenters. The summed E-state index contributed by atoms with van der Waals surface area (Å²) in [5, 5.41) is 0. The normalized spacial score (nSPS) is 13.3. The van der Waals surface area contributed by atoms with Crippen LogP contribution in [0.5, 0.6) is 0 Å². The maximum Gasteiger partial charge on any atom is 0.128 e. The van der Waals surface area contributed by atoms with Gasteiger partial charge in [0.2, 0.25) is 0 Å². The summed E-state index contributed by atoms with van der Waals surface area (Å²) in [7, 11) is 1.94. The van der Waals surface area contributed by atoms with Crippen LogP contribution >= 0.6 is 0 Å². The number of benzene rings is 1. The third kappa shape index (κ3) is 4.70. The van der Waals surface area contributed by atoms with Crippen molar-refractivity contribution in [2.75, 3.05) is 20.1 Å². The van der Waals surface area contributed by atoms with Crippen LogP contribution in [0.15, 0.2) is 18.2 Å². The first-order valence-electron chi connectivity index (χ1n) is 6.29. The highest BCUT2D eigenvalue weighted by atomic mass is 19.1. The van der Waals surface area contributed by atoms with Crippen LogP contribution in [0.3, 0.4) is 0 Å². The smallest absolute Gasteiger partial charge is 0.128 e. The first kappa shape index (κ1) is 15.1. The van der Waals surface area contributed by atoms with Crippen LogP contribution in [-0.4, -0.2) is 25.0 Å². The molecular formula is C14H22F2N2. The maximum absolute atomic E-state index is 13.5. The zero-order valence-electron chi connectivity index (χ0n) is 11.3. The van der Waals surface area contributed by atoms with Crippen LogP contribution in [0.1, 0.15) is 31.9 Å². The Kier molecular flexibility index (Phi) is 5.69. The fourth-order valence-electron chi connectivity index (χ4n) is 1.80. The first-order chi connectivity index (χ1) is 8.40. The molecule has 0 heterocycles. The second-order valence-electron chi connectivity index (χ2n) is 5.22. The van der Waals surface area contributed by atoms with E-state index in [9.17, 15) is 8.78 Å². The molecule has 1 aromatic rings. The molecular weight excluding hydrogens is 234 g/mol. The van der Waals surface area contributed by atoms with Gasteiger partial charge < -0.3 is 10.6 Å². The molecule has 0 aliphatic rings. The molecule has 0 radical (unpaired) electrons. The molecule has 0 aromatic heterocycles. The molecule has 0 aliphatic heterocycles. The molecule has 4 heteroatoms. The molecule has 1 rings (SSSR count).